The Balaban J connectivity index is 2.30. The van der Waals surface area contributed by atoms with E-state index in [0.717, 1.165) is 6.42 Å². The van der Waals surface area contributed by atoms with Crippen LogP contribution in [-0.4, -0.2) is 0 Å². The van der Waals surface area contributed by atoms with Gasteiger partial charge in [-0.2, -0.15) is 0 Å². The number of allylic oxidation sites excluding steroid dienone is 2. The summed E-state index contributed by atoms with van der Waals surface area (Å²) < 4.78 is 0. The molecule has 0 atom stereocenters. The lowest BCUT2D eigenvalue weighted by molar-refractivity contribution is 1.21. The molecule has 4 rings (SSSR count). The summed E-state index contributed by atoms with van der Waals surface area (Å²) in [7, 11) is 0. The first kappa shape index (κ1) is 10.6. The molecule has 0 N–H and O–H groups in total. The summed E-state index contributed by atoms with van der Waals surface area (Å²) in [6.07, 6.45) is 5.32. The molecule has 1 aliphatic rings. The first-order valence-corrected chi connectivity index (χ1v) is 6.63. The van der Waals surface area contributed by atoms with E-state index in [1.165, 1.54) is 38.2 Å². The van der Waals surface area contributed by atoms with Crippen LogP contribution in [0.1, 0.15) is 11.1 Å². The Labute approximate surface area is 112 Å². The molecule has 3 aromatic rings. The quantitative estimate of drug-likeness (QED) is 0.480. The lowest BCUT2D eigenvalue weighted by atomic mass is 9.85. The number of benzene rings is 3. The fourth-order valence-corrected chi connectivity index (χ4v) is 3.11. The number of fused-ring (bicyclic) bond motifs is 6. The van der Waals surface area contributed by atoms with Crippen molar-refractivity contribution in [2.45, 2.75) is 6.42 Å². The van der Waals surface area contributed by atoms with Crippen molar-refractivity contribution in [3.63, 3.8) is 0 Å². The largest absolute Gasteiger partial charge is 0.0955 e. The van der Waals surface area contributed by atoms with Gasteiger partial charge in [0.1, 0.15) is 0 Å². The molecule has 90 valence electrons. The van der Waals surface area contributed by atoms with E-state index >= 15 is 0 Å². The average molecular weight is 242 g/mol. The number of hydrogen-bond acceptors (Lipinski definition) is 0. The highest BCUT2D eigenvalue weighted by molar-refractivity contribution is 6.13. The Morgan fingerprint density at radius 3 is 2.00 bits per heavy atom. The second-order valence-electron chi connectivity index (χ2n) is 5.15. The van der Waals surface area contributed by atoms with Gasteiger partial charge in [-0.1, -0.05) is 72.8 Å². The molecule has 0 amide bonds. The van der Waals surface area contributed by atoms with Gasteiger partial charge in [0.05, 0.1) is 0 Å². The van der Waals surface area contributed by atoms with Crippen molar-refractivity contribution in [1.29, 1.82) is 0 Å². The molecule has 0 spiro atoms. The van der Waals surface area contributed by atoms with E-state index in [9.17, 15) is 0 Å². The molecule has 0 heterocycles. The van der Waals surface area contributed by atoms with E-state index in [1.807, 2.05) is 0 Å². The van der Waals surface area contributed by atoms with Gasteiger partial charge in [-0.25, -0.2) is 0 Å². The van der Waals surface area contributed by atoms with Gasteiger partial charge in [-0.15, -0.1) is 0 Å². The maximum Gasteiger partial charge on any atom is -0.00193 e. The van der Waals surface area contributed by atoms with Gasteiger partial charge in [0.2, 0.25) is 0 Å². The van der Waals surface area contributed by atoms with Gasteiger partial charge in [0, 0.05) is 0 Å². The van der Waals surface area contributed by atoms with Gasteiger partial charge < -0.3 is 0 Å². The smallest absolute Gasteiger partial charge is 0.00193 e. The normalized spacial score (nSPS) is 14.0. The Bertz CT molecular complexity index is 850. The lowest BCUT2D eigenvalue weighted by Crippen LogP contribution is -1.99. The summed E-state index contributed by atoms with van der Waals surface area (Å²) in [6, 6.07) is 17.4. The second kappa shape index (κ2) is 3.83. The summed E-state index contributed by atoms with van der Waals surface area (Å²) in [5.74, 6) is 0. The van der Waals surface area contributed by atoms with Crippen molar-refractivity contribution >= 4 is 27.6 Å². The fourth-order valence-electron chi connectivity index (χ4n) is 3.11. The summed E-state index contributed by atoms with van der Waals surface area (Å²) in [6.45, 7) is 4.11. The van der Waals surface area contributed by atoms with Crippen LogP contribution in [0.25, 0.3) is 27.6 Å². The first-order chi connectivity index (χ1) is 9.34. The van der Waals surface area contributed by atoms with E-state index in [2.05, 4.69) is 67.3 Å². The summed E-state index contributed by atoms with van der Waals surface area (Å²) in [5.41, 5.74) is 3.97. The molecule has 0 saturated carbocycles. The van der Waals surface area contributed by atoms with E-state index in [4.69, 9.17) is 0 Å². The molecular weight excluding hydrogens is 228 g/mol. The maximum absolute atomic E-state index is 4.11. The monoisotopic (exact) mass is 242 g/mol. The van der Waals surface area contributed by atoms with Gasteiger partial charge >= 0.3 is 0 Å². The fraction of sp³-hybridized carbons (Fsp3) is 0.0526. The van der Waals surface area contributed by atoms with Crippen LogP contribution >= 0.6 is 0 Å². The van der Waals surface area contributed by atoms with Crippen LogP contribution in [0.2, 0.25) is 0 Å². The van der Waals surface area contributed by atoms with E-state index in [1.54, 1.807) is 0 Å². The Kier molecular flexibility index (Phi) is 2.13. The summed E-state index contributed by atoms with van der Waals surface area (Å²) in [5, 5.41) is 5.40. The molecule has 0 bridgehead atoms. The summed E-state index contributed by atoms with van der Waals surface area (Å²) >= 11 is 0. The predicted octanol–water partition coefficient (Wildman–Crippen LogP) is 5.12. The third-order valence-corrected chi connectivity index (χ3v) is 3.97. The minimum Gasteiger partial charge on any atom is -0.0955 e. The van der Waals surface area contributed by atoms with Gasteiger partial charge in [-0.3, -0.25) is 0 Å². The first-order valence-electron chi connectivity index (χ1n) is 6.63. The maximum atomic E-state index is 4.11. The van der Waals surface area contributed by atoms with Crippen molar-refractivity contribution in [2.75, 3.05) is 0 Å². The third kappa shape index (κ3) is 1.47. The van der Waals surface area contributed by atoms with Crippen LogP contribution in [0, 0.1) is 0 Å². The lowest BCUT2D eigenvalue weighted by Gasteiger charge is -2.18. The second-order valence-corrected chi connectivity index (χ2v) is 5.15. The van der Waals surface area contributed by atoms with Gasteiger partial charge in [0.15, 0.2) is 0 Å². The predicted molar refractivity (Wildman–Crippen MR) is 83.3 cm³/mol. The van der Waals surface area contributed by atoms with Gasteiger partial charge in [-0.05, 0) is 39.1 Å². The highest BCUT2D eigenvalue weighted by Gasteiger charge is 2.14. The van der Waals surface area contributed by atoms with Crippen LogP contribution in [0.5, 0.6) is 0 Å². The Morgan fingerprint density at radius 2 is 1.26 bits per heavy atom. The molecular formula is C19H14. The van der Waals surface area contributed by atoms with Crippen molar-refractivity contribution in [2.24, 2.45) is 0 Å². The van der Waals surface area contributed by atoms with E-state index in [0.29, 0.717) is 0 Å². The molecule has 0 aromatic heterocycles. The zero-order valence-electron chi connectivity index (χ0n) is 10.7. The van der Waals surface area contributed by atoms with Crippen LogP contribution < -0.4 is 0 Å². The molecule has 0 heteroatoms. The zero-order valence-corrected chi connectivity index (χ0v) is 10.7. The molecule has 0 nitrogen and oxygen atoms in total. The summed E-state index contributed by atoms with van der Waals surface area (Å²) in [4.78, 5) is 0. The molecule has 0 saturated heterocycles. The minimum atomic E-state index is 0.956. The van der Waals surface area contributed by atoms with Crippen molar-refractivity contribution < 1.29 is 0 Å². The number of hydrogen-bond donors (Lipinski definition) is 0. The van der Waals surface area contributed by atoms with Crippen LogP contribution in [-0.2, 0) is 6.42 Å². The molecule has 0 fully saturated rings. The SMILES string of the molecule is C=C1C=Cc2c(c3ccccc3c3ccccc23)C1. The Morgan fingerprint density at radius 1 is 0.684 bits per heavy atom. The topological polar surface area (TPSA) is 0 Å². The Hall–Kier alpha value is -2.34. The van der Waals surface area contributed by atoms with Crippen LogP contribution in [0.4, 0.5) is 0 Å². The zero-order chi connectivity index (χ0) is 12.8. The van der Waals surface area contributed by atoms with Crippen LogP contribution in [0.3, 0.4) is 0 Å². The third-order valence-electron chi connectivity index (χ3n) is 3.97. The van der Waals surface area contributed by atoms with Crippen molar-refractivity contribution in [3.05, 3.63) is 77.9 Å². The van der Waals surface area contributed by atoms with E-state index in [-0.39, 0.29) is 0 Å². The highest BCUT2D eigenvalue weighted by Crippen LogP contribution is 2.36. The van der Waals surface area contributed by atoms with Crippen molar-refractivity contribution in [1.82, 2.24) is 0 Å². The molecule has 0 radical (unpaired) electrons. The minimum absolute atomic E-state index is 0.956. The van der Waals surface area contributed by atoms with E-state index < -0.39 is 0 Å². The number of rotatable bonds is 0. The molecule has 3 aromatic carbocycles. The highest BCUT2D eigenvalue weighted by atomic mass is 14.2. The molecule has 0 aliphatic heterocycles. The molecule has 1 aliphatic carbocycles. The average Bonchev–Trinajstić information content (AvgIpc) is 2.47. The standard InChI is InChI=1S/C19H14/c1-13-10-11-18-16-8-3-2-6-14(16)15-7-4-5-9-17(15)19(18)12-13/h2-11H,1,12H2. The van der Waals surface area contributed by atoms with Gasteiger partial charge in [0.25, 0.3) is 0 Å². The van der Waals surface area contributed by atoms with Crippen LogP contribution in [0.15, 0.2) is 66.8 Å². The molecule has 19 heavy (non-hydrogen) atoms. The van der Waals surface area contributed by atoms with Crippen molar-refractivity contribution in [3.8, 4) is 0 Å². The molecule has 0 unspecified atom stereocenters.